The fourth-order valence-corrected chi connectivity index (χ4v) is 3.48. The maximum Gasteiger partial charge on any atom is 0.338 e. The van der Waals surface area contributed by atoms with Gasteiger partial charge in [-0.25, -0.2) is 4.79 Å². The number of fused-ring (bicyclic) bond motifs is 1. The van der Waals surface area contributed by atoms with E-state index in [-0.39, 0.29) is 0 Å². The summed E-state index contributed by atoms with van der Waals surface area (Å²) in [7, 11) is 1.59. The van der Waals surface area contributed by atoms with Gasteiger partial charge in [0.1, 0.15) is 5.75 Å². The molecule has 0 atom stereocenters. The Labute approximate surface area is 145 Å². The minimum Gasteiger partial charge on any atom is -0.497 e. The number of methoxy groups -OCH3 is 1. The van der Waals surface area contributed by atoms with Crippen molar-refractivity contribution in [1.29, 1.82) is 0 Å². The van der Waals surface area contributed by atoms with Gasteiger partial charge in [-0.05, 0) is 37.5 Å². The monoisotopic (exact) mass is 339 g/mol. The van der Waals surface area contributed by atoms with Crippen molar-refractivity contribution in [2.24, 2.45) is 0 Å². The molecule has 6 nitrogen and oxygen atoms in total. The van der Waals surface area contributed by atoms with Gasteiger partial charge in [-0.15, -0.1) is 0 Å². The number of aromatic carboxylic acids is 1. The molecule has 6 heteroatoms. The highest BCUT2D eigenvalue weighted by molar-refractivity contribution is 6.06. The highest BCUT2D eigenvalue weighted by Crippen LogP contribution is 2.46. The number of rotatable bonds is 6. The Bertz CT molecular complexity index is 950. The third kappa shape index (κ3) is 2.58. The molecule has 4 rings (SSSR count). The second-order valence-electron chi connectivity index (χ2n) is 6.52. The summed E-state index contributed by atoms with van der Waals surface area (Å²) in [4.78, 5) is 12.0. The topological polar surface area (TPSA) is 69.3 Å². The first-order chi connectivity index (χ1) is 12.1. The van der Waals surface area contributed by atoms with Crippen molar-refractivity contribution in [2.75, 3.05) is 7.11 Å². The predicted molar refractivity (Wildman–Crippen MR) is 94.8 cm³/mol. The van der Waals surface area contributed by atoms with Crippen molar-refractivity contribution < 1.29 is 14.6 Å². The molecule has 0 spiro atoms. The average Bonchev–Trinajstić information content (AvgIpc) is 3.24. The second-order valence-corrected chi connectivity index (χ2v) is 6.52. The summed E-state index contributed by atoms with van der Waals surface area (Å²) >= 11 is 0. The summed E-state index contributed by atoms with van der Waals surface area (Å²) in [5, 5.41) is 15.0. The van der Waals surface area contributed by atoms with Gasteiger partial charge in [-0.1, -0.05) is 6.92 Å². The predicted octanol–water partition coefficient (Wildman–Crippen LogP) is 3.82. The molecule has 25 heavy (non-hydrogen) atoms. The van der Waals surface area contributed by atoms with Crippen LogP contribution in [0.4, 0.5) is 0 Å². The molecular formula is C19H21N3O3. The molecule has 130 valence electrons. The lowest BCUT2D eigenvalue weighted by Gasteiger charge is -2.08. The van der Waals surface area contributed by atoms with Crippen molar-refractivity contribution in [3.63, 3.8) is 0 Å². The van der Waals surface area contributed by atoms with Crippen LogP contribution in [0, 0.1) is 0 Å². The number of aryl methyl sites for hydroxylation is 1. The number of carboxylic acids is 1. The zero-order valence-corrected chi connectivity index (χ0v) is 14.4. The lowest BCUT2D eigenvalue weighted by atomic mass is 10.1. The molecule has 1 saturated carbocycles. The van der Waals surface area contributed by atoms with Crippen LogP contribution in [0.15, 0.2) is 30.6 Å². The smallest absolute Gasteiger partial charge is 0.338 e. The Morgan fingerprint density at radius 1 is 1.40 bits per heavy atom. The van der Waals surface area contributed by atoms with E-state index in [9.17, 15) is 9.90 Å². The maximum absolute atomic E-state index is 12.0. The van der Waals surface area contributed by atoms with Crippen LogP contribution in [0.2, 0.25) is 0 Å². The molecular weight excluding hydrogens is 318 g/mol. The summed E-state index contributed by atoms with van der Waals surface area (Å²) in [5.74, 6) is 0.0649. The minimum atomic E-state index is -0.889. The van der Waals surface area contributed by atoms with Gasteiger partial charge in [0.15, 0.2) is 0 Å². The molecule has 1 aromatic carbocycles. The van der Waals surface area contributed by atoms with Crippen LogP contribution in [0.25, 0.3) is 16.6 Å². The largest absolute Gasteiger partial charge is 0.497 e. The first-order valence-electron chi connectivity index (χ1n) is 8.62. The molecule has 0 aliphatic heterocycles. The Balaban J connectivity index is 2.01. The number of carbonyl (C=O) groups is 1. The molecule has 0 radical (unpaired) electrons. The second kappa shape index (κ2) is 5.95. The fourth-order valence-electron chi connectivity index (χ4n) is 3.48. The van der Waals surface area contributed by atoms with Crippen molar-refractivity contribution in [3.8, 4) is 11.4 Å². The van der Waals surface area contributed by atoms with Gasteiger partial charge in [-0.2, -0.15) is 5.10 Å². The number of hydrogen-bond donors (Lipinski definition) is 1. The van der Waals surface area contributed by atoms with E-state index in [1.54, 1.807) is 7.11 Å². The molecule has 2 heterocycles. The number of ether oxygens (including phenoxy) is 1. The number of hydrogen-bond acceptors (Lipinski definition) is 3. The van der Waals surface area contributed by atoms with E-state index in [1.165, 1.54) is 0 Å². The Morgan fingerprint density at radius 2 is 2.20 bits per heavy atom. The van der Waals surface area contributed by atoms with Crippen molar-refractivity contribution in [3.05, 3.63) is 41.9 Å². The zero-order chi connectivity index (χ0) is 17.6. The lowest BCUT2D eigenvalue weighted by molar-refractivity contribution is 0.0697. The quantitative estimate of drug-likeness (QED) is 0.741. The van der Waals surface area contributed by atoms with E-state index in [2.05, 4.69) is 16.6 Å². The number of aromatic nitrogens is 3. The SMILES string of the molecule is CCCn1cc(-n2c(C3CC3)c(C(=O)O)c3cc(OC)ccc32)cn1. The minimum absolute atomic E-state index is 0.291. The van der Waals surface area contributed by atoms with Gasteiger partial charge >= 0.3 is 5.97 Å². The normalized spacial score (nSPS) is 14.2. The summed E-state index contributed by atoms with van der Waals surface area (Å²) in [5.41, 5.74) is 3.07. The van der Waals surface area contributed by atoms with Crippen LogP contribution < -0.4 is 4.74 Å². The third-order valence-corrected chi connectivity index (χ3v) is 4.72. The lowest BCUT2D eigenvalue weighted by Crippen LogP contribution is -2.04. The summed E-state index contributed by atoms with van der Waals surface area (Å²) < 4.78 is 9.27. The Hall–Kier alpha value is -2.76. The van der Waals surface area contributed by atoms with E-state index in [4.69, 9.17) is 4.74 Å². The van der Waals surface area contributed by atoms with Gasteiger partial charge in [0.05, 0.1) is 30.1 Å². The molecule has 1 fully saturated rings. The third-order valence-electron chi connectivity index (χ3n) is 4.72. The standard InChI is InChI=1S/C19H21N3O3/c1-3-8-21-11-13(10-20-21)22-16-7-6-14(25-2)9-15(16)17(19(23)24)18(22)12-4-5-12/h6-7,9-12H,3-5,8H2,1-2H3,(H,23,24). The molecule has 0 bridgehead atoms. The van der Waals surface area contributed by atoms with E-state index in [1.807, 2.05) is 35.3 Å². The van der Waals surface area contributed by atoms with Crippen LogP contribution >= 0.6 is 0 Å². The van der Waals surface area contributed by atoms with E-state index < -0.39 is 5.97 Å². The van der Waals surface area contributed by atoms with Gasteiger partial charge in [0.25, 0.3) is 0 Å². The first kappa shape index (κ1) is 15.7. The Morgan fingerprint density at radius 3 is 2.84 bits per heavy atom. The molecule has 0 unspecified atom stereocenters. The highest BCUT2D eigenvalue weighted by atomic mass is 16.5. The molecule has 1 aliphatic carbocycles. The Kier molecular flexibility index (Phi) is 3.75. The van der Waals surface area contributed by atoms with Crippen LogP contribution in [-0.4, -0.2) is 32.5 Å². The molecule has 2 aromatic heterocycles. The van der Waals surface area contributed by atoms with Crippen LogP contribution in [-0.2, 0) is 6.54 Å². The van der Waals surface area contributed by atoms with Crippen LogP contribution in [0.5, 0.6) is 5.75 Å². The van der Waals surface area contributed by atoms with Gasteiger partial charge in [0.2, 0.25) is 0 Å². The van der Waals surface area contributed by atoms with Crippen molar-refractivity contribution in [2.45, 2.75) is 38.6 Å². The fraction of sp³-hybridized carbons (Fsp3) is 0.368. The summed E-state index contributed by atoms with van der Waals surface area (Å²) in [6, 6.07) is 5.62. The van der Waals surface area contributed by atoms with E-state index in [0.29, 0.717) is 17.2 Å². The highest BCUT2D eigenvalue weighted by Gasteiger charge is 2.35. The van der Waals surface area contributed by atoms with E-state index >= 15 is 0 Å². The van der Waals surface area contributed by atoms with Crippen LogP contribution in [0.3, 0.4) is 0 Å². The number of nitrogens with zero attached hydrogens (tertiary/aromatic N) is 3. The van der Waals surface area contributed by atoms with Gasteiger partial charge in [0, 0.05) is 29.7 Å². The number of benzene rings is 1. The van der Waals surface area contributed by atoms with Gasteiger partial charge < -0.3 is 14.4 Å². The van der Waals surface area contributed by atoms with Crippen molar-refractivity contribution >= 4 is 16.9 Å². The molecule has 1 N–H and O–H groups in total. The maximum atomic E-state index is 12.0. The zero-order valence-electron chi connectivity index (χ0n) is 14.4. The molecule has 3 aromatic rings. The molecule has 0 saturated heterocycles. The summed E-state index contributed by atoms with van der Waals surface area (Å²) in [6.07, 6.45) is 6.86. The van der Waals surface area contributed by atoms with Gasteiger partial charge in [-0.3, -0.25) is 4.68 Å². The van der Waals surface area contributed by atoms with Crippen LogP contribution in [0.1, 0.15) is 48.2 Å². The van der Waals surface area contributed by atoms with E-state index in [0.717, 1.165) is 48.1 Å². The molecule has 1 aliphatic rings. The molecule has 0 amide bonds. The number of carboxylic acid groups (broad SMARTS) is 1. The summed E-state index contributed by atoms with van der Waals surface area (Å²) in [6.45, 7) is 2.95. The van der Waals surface area contributed by atoms with Crippen molar-refractivity contribution in [1.82, 2.24) is 14.3 Å². The first-order valence-corrected chi connectivity index (χ1v) is 8.62. The average molecular weight is 339 g/mol.